The standard InChI is InChI=1S/C18H23NO/c1-15-9-7-8-12-17(15)18(20-14-13-19(2)3)16-10-5-4-6-11-16/h4-12,18H,13-14H2,1-3H3/t18-/m1/s1. The van der Waals surface area contributed by atoms with E-state index in [4.69, 9.17) is 4.74 Å². The Morgan fingerprint density at radius 3 is 2.25 bits per heavy atom. The first kappa shape index (κ1) is 14.8. The van der Waals surface area contributed by atoms with E-state index >= 15 is 0 Å². The summed E-state index contributed by atoms with van der Waals surface area (Å²) in [6.45, 7) is 3.79. The van der Waals surface area contributed by atoms with Gasteiger partial charge in [-0.3, -0.25) is 0 Å². The second kappa shape index (κ2) is 7.22. The van der Waals surface area contributed by atoms with Gasteiger partial charge in [-0.25, -0.2) is 0 Å². The third-order valence-electron chi connectivity index (χ3n) is 3.40. The summed E-state index contributed by atoms with van der Waals surface area (Å²) in [5.74, 6) is 0. The fourth-order valence-corrected chi connectivity index (χ4v) is 2.23. The molecule has 0 fully saturated rings. The summed E-state index contributed by atoms with van der Waals surface area (Å²) in [5.41, 5.74) is 3.73. The molecule has 0 radical (unpaired) electrons. The van der Waals surface area contributed by atoms with Crippen molar-refractivity contribution in [3.8, 4) is 0 Å². The average molecular weight is 269 g/mol. The molecule has 0 aliphatic carbocycles. The number of rotatable bonds is 6. The van der Waals surface area contributed by atoms with Crippen LogP contribution in [0.15, 0.2) is 54.6 Å². The van der Waals surface area contributed by atoms with Gasteiger partial charge in [0.25, 0.3) is 0 Å². The molecule has 2 heteroatoms. The third-order valence-corrected chi connectivity index (χ3v) is 3.40. The lowest BCUT2D eigenvalue weighted by molar-refractivity contribution is 0.0683. The lowest BCUT2D eigenvalue weighted by atomic mass is 9.97. The molecule has 0 unspecified atom stereocenters. The number of benzene rings is 2. The molecule has 0 saturated heterocycles. The van der Waals surface area contributed by atoms with Crippen molar-refractivity contribution in [3.63, 3.8) is 0 Å². The molecule has 0 saturated carbocycles. The number of likely N-dealkylation sites (N-methyl/N-ethyl adjacent to an activating group) is 1. The highest BCUT2D eigenvalue weighted by atomic mass is 16.5. The SMILES string of the molecule is Cc1ccccc1[C@H](OCCN(C)C)c1ccccc1. The van der Waals surface area contributed by atoms with Crippen LogP contribution in [-0.2, 0) is 4.74 Å². The van der Waals surface area contributed by atoms with Crippen molar-refractivity contribution >= 4 is 0 Å². The fraction of sp³-hybridized carbons (Fsp3) is 0.333. The van der Waals surface area contributed by atoms with E-state index in [2.05, 4.69) is 74.4 Å². The van der Waals surface area contributed by atoms with Crippen molar-refractivity contribution < 1.29 is 4.74 Å². The molecule has 106 valence electrons. The molecule has 0 aliphatic rings. The molecule has 0 N–H and O–H groups in total. The van der Waals surface area contributed by atoms with Crippen LogP contribution in [0.2, 0.25) is 0 Å². The van der Waals surface area contributed by atoms with E-state index in [1.54, 1.807) is 0 Å². The topological polar surface area (TPSA) is 12.5 Å². The van der Waals surface area contributed by atoms with Crippen molar-refractivity contribution in [3.05, 3.63) is 71.3 Å². The molecule has 0 aliphatic heterocycles. The zero-order valence-electron chi connectivity index (χ0n) is 12.5. The Morgan fingerprint density at radius 1 is 0.950 bits per heavy atom. The van der Waals surface area contributed by atoms with Crippen LogP contribution in [0.25, 0.3) is 0 Å². The van der Waals surface area contributed by atoms with Crippen LogP contribution >= 0.6 is 0 Å². The van der Waals surface area contributed by atoms with Gasteiger partial charge in [0.05, 0.1) is 6.61 Å². The van der Waals surface area contributed by atoms with E-state index in [-0.39, 0.29) is 6.10 Å². The number of hydrogen-bond acceptors (Lipinski definition) is 2. The Labute approximate surface area is 122 Å². The summed E-state index contributed by atoms with van der Waals surface area (Å²) in [7, 11) is 4.13. The van der Waals surface area contributed by atoms with Crippen LogP contribution in [0.4, 0.5) is 0 Å². The molecule has 0 bridgehead atoms. The van der Waals surface area contributed by atoms with E-state index in [1.807, 2.05) is 6.07 Å². The Hall–Kier alpha value is -1.64. The van der Waals surface area contributed by atoms with Gasteiger partial charge < -0.3 is 9.64 Å². The number of nitrogens with zero attached hydrogens (tertiary/aromatic N) is 1. The molecule has 1 atom stereocenters. The van der Waals surface area contributed by atoms with Crippen molar-refractivity contribution in [1.29, 1.82) is 0 Å². The summed E-state index contributed by atoms with van der Waals surface area (Å²) in [6.07, 6.45) is 0.0114. The number of ether oxygens (including phenoxy) is 1. The molecule has 2 nitrogen and oxygen atoms in total. The first-order valence-electron chi connectivity index (χ1n) is 7.05. The quantitative estimate of drug-likeness (QED) is 0.793. The maximum absolute atomic E-state index is 6.16. The number of aryl methyl sites for hydroxylation is 1. The minimum Gasteiger partial charge on any atom is -0.367 e. The molecular formula is C18H23NO. The summed E-state index contributed by atoms with van der Waals surface area (Å²) in [4.78, 5) is 2.14. The molecule has 2 aromatic rings. The van der Waals surface area contributed by atoms with Gasteiger partial charge in [-0.15, -0.1) is 0 Å². The summed E-state index contributed by atoms with van der Waals surface area (Å²) in [6, 6.07) is 18.9. The van der Waals surface area contributed by atoms with Crippen LogP contribution < -0.4 is 0 Å². The van der Waals surface area contributed by atoms with Crippen LogP contribution in [-0.4, -0.2) is 32.1 Å². The predicted octanol–water partition coefficient (Wildman–Crippen LogP) is 3.66. The molecule has 2 rings (SSSR count). The molecule has 2 aromatic carbocycles. The second-order valence-electron chi connectivity index (χ2n) is 5.32. The minimum absolute atomic E-state index is 0.0114. The summed E-state index contributed by atoms with van der Waals surface area (Å²) < 4.78 is 6.16. The molecule has 0 spiro atoms. The highest BCUT2D eigenvalue weighted by molar-refractivity contribution is 5.35. The van der Waals surface area contributed by atoms with Gasteiger partial charge in [-0.05, 0) is 37.7 Å². The lowest BCUT2D eigenvalue weighted by Crippen LogP contribution is -2.20. The highest BCUT2D eigenvalue weighted by Crippen LogP contribution is 2.28. The maximum atomic E-state index is 6.16. The smallest absolute Gasteiger partial charge is 0.108 e. The van der Waals surface area contributed by atoms with Crippen molar-refractivity contribution in [2.24, 2.45) is 0 Å². The van der Waals surface area contributed by atoms with Crippen LogP contribution in [0.5, 0.6) is 0 Å². The van der Waals surface area contributed by atoms with Crippen LogP contribution in [0.1, 0.15) is 22.8 Å². The van der Waals surface area contributed by atoms with Crippen molar-refractivity contribution in [1.82, 2.24) is 4.90 Å². The molecule has 0 amide bonds. The van der Waals surface area contributed by atoms with E-state index < -0.39 is 0 Å². The van der Waals surface area contributed by atoms with Gasteiger partial charge in [-0.2, -0.15) is 0 Å². The molecular weight excluding hydrogens is 246 g/mol. The van der Waals surface area contributed by atoms with Gasteiger partial charge in [0.15, 0.2) is 0 Å². The first-order valence-corrected chi connectivity index (χ1v) is 7.05. The van der Waals surface area contributed by atoms with E-state index in [1.165, 1.54) is 16.7 Å². The molecule has 0 heterocycles. The molecule has 0 aromatic heterocycles. The van der Waals surface area contributed by atoms with Gasteiger partial charge >= 0.3 is 0 Å². The van der Waals surface area contributed by atoms with Crippen molar-refractivity contribution in [2.45, 2.75) is 13.0 Å². The van der Waals surface area contributed by atoms with Crippen LogP contribution in [0.3, 0.4) is 0 Å². The van der Waals surface area contributed by atoms with Crippen LogP contribution in [0, 0.1) is 6.92 Å². The Balaban J connectivity index is 2.23. The zero-order valence-corrected chi connectivity index (χ0v) is 12.5. The Morgan fingerprint density at radius 2 is 1.60 bits per heavy atom. The Bertz CT molecular complexity index is 522. The fourth-order valence-electron chi connectivity index (χ4n) is 2.23. The number of hydrogen-bond donors (Lipinski definition) is 0. The third kappa shape index (κ3) is 3.92. The van der Waals surface area contributed by atoms with E-state index in [0.29, 0.717) is 0 Å². The maximum Gasteiger partial charge on any atom is 0.108 e. The van der Waals surface area contributed by atoms with E-state index in [9.17, 15) is 0 Å². The average Bonchev–Trinajstić information content (AvgIpc) is 2.45. The van der Waals surface area contributed by atoms with Gasteiger partial charge in [-0.1, -0.05) is 54.6 Å². The van der Waals surface area contributed by atoms with Gasteiger partial charge in [0.1, 0.15) is 6.10 Å². The van der Waals surface area contributed by atoms with Crippen molar-refractivity contribution in [2.75, 3.05) is 27.2 Å². The summed E-state index contributed by atoms with van der Waals surface area (Å²) in [5, 5.41) is 0. The zero-order chi connectivity index (χ0) is 14.4. The lowest BCUT2D eigenvalue weighted by Gasteiger charge is -2.22. The van der Waals surface area contributed by atoms with Gasteiger partial charge in [0, 0.05) is 6.54 Å². The Kier molecular flexibility index (Phi) is 5.33. The largest absolute Gasteiger partial charge is 0.367 e. The summed E-state index contributed by atoms with van der Waals surface area (Å²) >= 11 is 0. The first-order chi connectivity index (χ1) is 9.68. The highest BCUT2D eigenvalue weighted by Gasteiger charge is 2.16. The normalized spacial score (nSPS) is 12.6. The minimum atomic E-state index is 0.0114. The van der Waals surface area contributed by atoms with E-state index in [0.717, 1.165) is 13.2 Å². The monoisotopic (exact) mass is 269 g/mol. The second-order valence-corrected chi connectivity index (χ2v) is 5.32. The molecule has 20 heavy (non-hydrogen) atoms. The van der Waals surface area contributed by atoms with Gasteiger partial charge in [0.2, 0.25) is 0 Å². The predicted molar refractivity (Wildman–Crippen MR) is 84.0 cm³/mol.